The van der Waals surface area contributed by atoms with Crippen molar-refractivity contribution in [2.45, 2.75) is 30.1 Å². The summed E-state index contributed by atoms with van der Waals surface area (Å²) in [6.07, 6.45) is 5.34. The lowest BCUT2D eigenvalue weighted by Gasteiger charge is -2.09. The average Bonchev–Trinajstić information content (AvgIpc) is 2.32. The van der Waals surface area contributed by atoms with E-state index in [1.807, 2.05) is 26.0 Å². The van der Waals surface area contributed by atoms with E-state index in [2.05, 4.69) is 15.0 Å². The van der Waals surface area contributed by atoms with E-state index >= 15 is 0 Å². The Kier molecular flexibility index (Phi) is 3.71. The van der Waals surface area contributed by atoms with E-state index in [0.717, 1.165) is 16.2 Å². The number of nitrogens with zero attached hydrogens (tertiary/aromatic N) is 3. The van der Waals surface area contributed by atoms with Gasteiger partial charge in [-0.3, -0.25) is 0 Å². The highest BCUT2D eigenvalue weighted by Gasteiger charge is 2.10. The van der Waals surface area contributed by atoms with Crippen LogP contribution in [0.15, 0.2) is 40.9 Å². The van der Waals surface area contributed by atoms with Gasteiger partial charge < -0.3 is 5.73 Å². The number of pyridine rings is 1. The first-order valence-electron chi connectivity index (χ1n) is 5.34. The summed E-state index contributed by atoms with van der Waals surface area (Å²) in [6, 6.07) is 3.82. The molecule has 0 aromatic carbocycles. The Bertz CT molecular complexity index is 496. The summed E-state index contributed by atoms with van der Waals surface area (Å²) < 4.78 is 0. The summed E-state index contributed by atoms with van der Waals surface area (Å²) in [5, 5.41) is 1.56. The van der Waals surface area contributed by atoms with Gasteiger partial charge in [0.1, 0.15) is 5.03 Å². The standard InChI is InChI=1S/C12H14N4S/c1-8-6-15-12(16-7-8)17-11-10(9(2)13)4-3-5-14-11/h3-7,9H,13H2,1-2H3. The van der Waals surface area contributed by atoms with Crippen LogP contribution in [-0.4, -0.2) is 15.0 Å². The smallest absolute Gasteiger partial charge is 0.193 e. The predicted molar refractivity (Wildman–Crippen MR) is 67.7 cm³/mol. The van der Waals surface area contributed by atoms with Crippen molar-refractivity contribution in [3.8, 4) is 0 Å². The zero-order valence-corrected chi connectivity index (χ0v) is 10.6. The van der Waals surface area contributed by atoms with Gasteiger partial charge in [0, 0.05) is 30.2 Å². The largest absolute Gasteiger partial charge is 0.324 e. The molecule has 2 N–H and O–H groups in total. The maximum absolute atomic E-state index is 5.90. The third-order valence-electron chi connectivity index (χ3n) is 2.24. The van der Waals surface area contributed by atoms with Crippen LogP contribution in [0.25, 0.3) is 0 Å². The van der Waals surface area contributed by atoms with Gasteiger partial charge in [-0.25, -0.2) is 15.0 Å². The van der Waals surface area contributed by atoms with E-state index < -0.39 is 0 Å². The third kappa shape index (κ3) is 3.01. The van der Waals surface area contributed by atoms with Gasteiger partial charge in [-0.1, -0.05) is 6.07 Å². The fourth-order valence-electron chi connectivity index (χ4n) is 1.35. The molecule has 0 aliphatic heterocycles. The monoisotopic (exact) mass is 246 g/mol. The van der Waals surface area contributed by atoms with Crippen molar-refractivity contribution in [3.63, 3.8) is 0 Å². The molecule has 0 spiro atoms. The molecule has 0 amide bonds. The molecule has 0 saturated carbocycles. The van der Waals surface area contributed by atoms with Gasteiger partial charge >= 0.3 is 0 Å². The van der Waals surface area contributed by atoms with Gasteiger partial charge in [0.05, 0.1) is 0 Å². The highest BCUT2D eigenvalue weighted by atomic mass is 32.2. The molecule has 2 aromatic rings. The Morgan fingerprint density at radius 1 is 1.24 bits per heavy atom. The van der Waals surface area contributed by atoms with Crippen molar-refractivity contribution in [2.24, 2.45) is 5.73 Å². The number of aromatic nitrogens is 3. The van der Waals surface area contributed by atoms with Gasteiger partial charge in [0.15, 0.2) is 5.16 Å². The van der Waals surface area contributed by atoms with Crippen LogP contribution in [-0.2, 0) is 0 Å². The SMILES string of the molecule is Cc1cnc(Sc2ncccc2C(C)N)nc1. The lowest BCUT2D eigenvalue weighted by atomic mass is 10.2. The molecule has 0 aliphatic rings. The quantitative estimate of drug-likeness (QED) is 0.842. The molecule has 2 aromatic heterocycles. The van der Waals surface area contributed by atoms with Crippen molar-refractivity contribution in [1.29, 1.82) is 0 Å². The van der Waals surface area contributed by atoms with Crippen LogP contribution in [0.5, 0.6) is 0 Å². The van der Waals surface area contributed by atoms with Crippen molar-refractivity contribution >= 4 is 11.8 Å². The number of hydrogen-bond acceptors (Lipinski definition) is 5. The first kappa shape index (κ1) is 12.0. The molecule has 0 saturated heterocycles. The molecule has 1 unspecified atom stereocenters. The number of aryl methyl sites for hydroxylation is 1. The third-order valence-corrected chi connectivity index (χ3v) is 3.16. The van der Waals surface area contributed by atoms with Crippen LogP contribution < -0.4 is 5.73 Å². The summed E-state index contributed by atoms with van der Waals surface area (Å²) >= 11 is 1.44. The minimum absolute atomic E-state index is 0.0448. The fraction of sp³-hybridized carbons (Fsp3) is 0.250. The summed E-state index contributed by atoms with van der Waals surface area (Å²) in [4.78, 5) is 12.8. The van der Waals surface area contributed by atoms with E-state index in [4.69, 9.17) is 5.73 Å². The molecule has 2 rings (SSSR count). The molecule has 5 heteroatoms. The Morgan fingerprint density at radius 3 is 2.59 bits per heavy atom. The van der Waals surface area contributed by atoms with Gasteiger partial charge in [-0.2, -0.15) is 0 Å². The predicted octanol–water partition coefficient (Wildman–Crippen LogP) is 2.35. The molecule has 0 fully saturated rings. The van der Waals surface area contributed by atoms with Gasteiger partial charge in [-0.15, -0.1) is 0 Å². The van der Waals surface area contributed by atoms with Gasteiger partial charge in [-0.05, 0) is 37.2 Å². The van der Waals surface area contributed by atoms with E-state index in [0.29, 0.717) is 5.16 Å². The second kappa shape index (κ2) is 5.25. The second-order valence-electron chi connectivity index (χ2n) is 3.83. The zero-order chi connectivity index (χ0) is 12.3. The van der Waals surface area contributed by atoms with E-state index in [-0.39, 0.29) is 6.04 Å². The molecule has 88 valence electrons. The summed E-state index contributed by atoms with van der Waals surface area (Å²) in [5.41, 5.74) is 7.96. The molecule has 0 radical (unpaired) electrons. The van der Waals surface area contributed by atoms with Crippen LogP contribution in [0.3, 0.4) is 0 Å². The van der Waals surface area contributed by atoms with E-state index in [9.17, 15) is 0 Å². The molecular formula is C12H14N4S. The van der Waals surface area contributed by atoms with Gasteiger partial charge in [0.2, 0.25) is 0 Å². The number of nitrogens with two attached hydrogens (primary N) is 1. The second-order valence-corrected chi connectivity index (χ2v) is 4.79. The molecule has 2 heterocycles. The molecule has 0 aliphatic carbocycles. The van der Waals surface area contributed by atoms with Crippen molar-refractivity contribution in [1.82, 2.24) is 15.0 Å². The minimum Gasteiger partial charge on any atom is -0.324 e. The first-order valence-corrected chi connectivity index (χ1v) is 6.15. The number of rotatable bonds is 3. The Labute approximate surface area is 105 Å². The lowest BCUT2D eigenvalue weighted by molar-refractivity contribution is 0.778. The van der Waals surface area contributed by atoms with Crippen molar-refractivity contribution in [2.75, 3.05) is 0 Å². The van der Waals surface area contributed by atoms with Crippen LogP contribution >= 0.6 is 11.8 Å². The maximum atomic E-state index is 5.90. The van der Waals surface area contributed by atoms with E-state index in [1.165, 1.54) is 11.8 Å². The Balaban J connectivity index is 2.26. The highest BCUT2D eigenvalue weighted by molar-refractivity contribution is 7.99. The zero-order valence-electron chi connectivity index (χ0n) is 9.79. The van der Waals surface area contributed by atoms with Gasteiger partial charge in [0.25, 0.3) is 0 Å². The highest BCUT2D eigenvalue weighted by Crippen LogP contribution is 2.28. The number of hydrogen-bond donors (Lipinski definition) is 1. The van der Waals surface area contributed by atoms with Crippen LogP contribution in [0.4, 0.5) is 0 Å². The first-order chi connectivity index (χ1) is 8.16. The summed E-state index contributed by atoms with van der Waals surface area (Å²) in [5.74, 6) is 0. The summed E-state index contributed by atoms with van der Waals surface area (Å²) in [7, 11) is 0. The molecule has 1 atom stereocenters. The van der Waals surface area contributed by atoms with Crippen molar-refractivity contribution < 1.29 is 0 Å². The minimum atomic E-state index is -0.0448. The van der Waals surface area contributed by atoms with Crippen LogP contribution in [0, 0.1) is 6.92 Å². The molecule has 17 heavy (non-hydrogen) atoms. The van der Waals surface area contributed by atoms with E-state index in [1.54, 1.807) is 18.6 Å². The van der Waals surface area contributed by atoms with Crippen LogP contribution in [0.2, 0.25) is 0 Å². The lowest BCUT2D eigenvalue weighted by Crippen LogP contribution is -2.07. The van der Waals surface area contributed by atoms with Crippen molar-refractivity contribution in [3.05, 3.63) is 41.9 Å². The normalized spacial score (nSPS) is 12.4. The molecule has 4 nitrogen and oxygen atoms in total. The Hall–Kier alpha value is -1.46. The summed E-state index contributed by atoms with van der Waals surface area (Å²) in [6.45, 7) is 3.90. The molecule has 0 bridgehead atoms. The Morgan fingerprint density at radius 2 is 1.94 bits per heavy atom. The average molecular weight is 246 g/mol. The fourth-order valence-corrected chi connectivity index (χ4v) is 2.22. The van der Waals surface area contributed by atoms with Crippen LogP contribution in [0.1, 0.15) is 24.1 Å². The molecular weight excluding hydrogens is 232 g/mol. The maximum Gasteiger partial charge on any atom is 0.193 e. The topological polar surface area (TPSA) is 64.7 Å².